The monoisotopic (exact) mass is 494 g/mol. The van der Waals surface area contributed by atoms with Crippen LogP contribution in [0.3, 0.4) is 0 Å². The highest BCUT2D eigenvalue weighted by molar-refractivity contribution is 7.91. The second-order valence-electron chi connectivity index (χ2n) is 7.64. The van der Waals surface area contributed by atoms with Gasteiger partial charge in [0.15, 0.2) is 21.3 Å². The minimum absolute atomic E-state index is 0.0211. The van der Waals surface area contributed by atoms with Gasteiger partial charge < -0.3 is 9.30 Å². The number of imidazole rings is 1. The molecule has 3 aromatic heterocycles. The van der Waals surface area contributed by atoms with Crippen molar-refractivity contribution in [2.24, 2.45) is 13.0 Å². The number of sulfone groups is 1. The highest BCUT2D eigenvalue weighted by Gasteiger charge is 2.36. The molecule has 0 amide bonds. The number of rotatable bonds is 4. The Morgan fingerprint density at radius 1 is 1.06 bits per heavy atom. The molecule has 1 aliphatic heterocycles. The zero-order valence-corrected chi connectivity index (χ0v) is 17.7. The van der Waals surface area contributed by atoms with Crippen molar-refractivity contribution in [3.63, 3.8) is 0 Å². The number of hydrogen-bond acceptors (Lipinski definition) is 6. The Hall–Kier alpha value is -2.74. The van der Waals surface area contributed by atoms with E-state index >= 15 is 0 Å². The van der Waals surface area contributed by atoms with Crippen molar-refractivity contribution in [3.8, 4) is 11.5 Å². The summed E-state index contributed by atoms with van der Waals surface area (Å²) in [6, 6.07) is 1.20. The molecule has 0 aliphatic carbocycles. The van der Waals surface area contributed by atoms with Crippen LogP contribution < -0.4 is 0 Å². The topological polar surface area (TPSA) is 87.0 Å². The summed E-state index contributed by atoms with van der Waals surface area (Å²) in [7, 11) is -2.93. The van der Waals surface area contributed by atoms with E-state index in [1.165, 1.54) is 11.6 Å². The fraction of sp³-hybridized carbons (Fsp3) is 0.421. The highest BCUT2D eigenvalue weighted by atomic mass is 32.2. The smallest absolute Gasteiger partial charge is 0.381 e. The lowest BCUT2D eigenvalue weighted by molar-refractivity contribution is -0.138. The van der Waals surface area contributed by atoms with E-state index in [9.17, 15) is 34.8 Å². The van der Waals surface area contributed by atoms with Gasteiger partial charge in [-0.05, 0) is 24.5 Å². The first-order valence-electron chi connectivity index (χ1n) is 9.55. The molecule has 0 aromatic carbocycles. The largest absolute Gasteiger partial charge is 0.417 e. The molecule has 3 aromatic rings. The van der Waals surface area contributed by atoms with Gasteiger partial charge in [-0.15, -0.1) is 0 Å². The number of hydrogen-bond donors (Lipinski definition) is 0. The minimum atomic E-state index is -4.86. The number of pyridine rings is 2. The van der Waals surface area contributed by atoms with Crippen LogP contribution in [0.1, 0.15) is 17.5 Å². The van der Waals surface area contributed by atoms with Crippen molar-refractivity contribution in [2.45, 2.75) is 23.7 Å². The Kier molecular flexibility index (Phi) is 5.63. The molecule has 0 saturated carbocycles. The quantitative estimate of drug-likeness (QED) is 0.512. The van der Waals surface area contributed by atoms with Gasteiger partial charge in [0.1, 0.15) is 11.2 Å². The molecule has 1 unspecified atom stereocenters. The maximum absolute atomic E-state index is 13.3. The van der Waals surface area contributed by atoms with Crippen LogP contribution in [0.5, 0.6) is 0 Å². The molecule has 0 spiro atoms. The summed E-state index contributed by atoms with van der Waals surface area (Å²) in [5.41, 5.74) is -2.99. The maximum atomic E-state index is 13.3. The number of halogens is 6. The van der Waals surface area contributed by atoms with E-state index < -0.39 is 55.6 Å². The SMILES string of the molecule is Cn1c(-c2ncc(C(F)(F)F)cc2S(=O)(=O)CC2CCOC2)nc2cc(C(F)(F)F)cnc21. The Balaban J connectivity index is 1.90. The zero-order chi connectivity index (χ0) is 24.2. The normalized spacial score (nSPS) is 17.7. The van der Waals surface area contributed by atoms with Crippen molar-refractivity contribution < 1.29 is 39.5 Å². The molecule has 1 saturated heterocycles. The van der Waals surface area contributed by atoms with E-state index in [4.69, 9.17) is 4.74 Å². The standard InChI is InChI=1S/C19H16F6N4O3S/c1-29-16-13(4-11(7-27-16)18(20,21)22)28-17(29)15-14(5-12(6-26-15)19(23,24)25)33(30,31)9-10-2-3-32-8-10/h4-7,10H,2-3,8-9H2,1H3. The molecule has 1 fully saturated rings. The van der Waals surface area contributed by atoms with Crippen molar-refractivity contribution >= 4 is 21.0 Å². The number of nitrogens with zero attached hydrogens (tertiary/aromatic N) is 4. The Morgan fingerprint density at radius 3 is 2.30 bits per heavy atom. The van der Waals surface area contributed by atoms with Gasteiger partial charge in [-0.25, -0.2) is 18.4 Å². The van der Waals surface area contributed by atoms with E-state index in [-0.39, 0.29) is 23.6 Å². The molecule has 178 valence electrons. The summed E-state index contributed by atoms with van der Waals surface area (Å²) in [6.07, 6.45) is -8.07. The van der Waals surface area contributed by atoms with Gasteiger partial charge in [0.2, 0.25) is 0 Å². The van der Waals surface area contributed by atoms with E-state index in [1.807, 2.05) is 0 Å². The van der Waals surface area contributed by atoms with Crippen molar-refractivity contribution in [2.75, 3.05) is 19.0 Å². The number of ether oxygens (including phenoxy) is 1. The fourth-order valence-corrected chi connectivity index (χ4v) is 5.37. The van der Waals surface area contributed by atoms with Crippen molar-refractivity contribution in [1.82, 2.24) is 19.5 Å². The Morgan fingerprint density at radius 2 is 1.70 bits per heavy atom. The summed E-state index contributed by atoms with van der Waals surface area (Å²) in [4.78, 5) is 10.8. The number of aryl methyl sites for hydroxylation is 1. The lowest BCUT2D eigenvalue weighted by Crippen LogP contribution is -2.19. The Labute approximate surface area is 183 Å². The molecule has 0 N–H and O–H groups in total. The summed E-state index contributed by atoms with van der Waals surface area (Å²) in [6.45, 7) is 0.489. The molecule has 7 nitrogen and oxygen atoms in total. The van der Waals surface area contributed by atoms with E-state index in [0.717, 1.165) is 6.07 Å². The predicted octanol–water partition coefficient (Wildman–Crippen LogP) is 3.88. The molecular formula is C19H16F6N4O3S. The second-order valence-corrected chi connectivity index (χ2v) is 9.64. The summed E-state index contributed by atoms with van der Waals surface area (Å²) >= 11 is 0. The number of alkyl halides is 6. The van der Waals surface area contributed by atoms with Crippen LogP contribution in [0, 0.1) is 5.92 Å². The maximum Gasteiger partial charge on any atom is 0.417 e. The first-order valence-corrected chi connectivity index (χ1v) is 11.2. The molecule has 4 rings (SSSR count). The van der Waals surface area contributed by atoms with Gasteiger partial charge in [0, 0.05) is 26.0 Å². The first-order chi connectivity index (χ1) is 15.3. The third-order valence-electron chi connectivity index (χ3n) is 5.24. The molecule has 0 bridgehead atoms. The van der Waals surface area contributed by atoms with Crippen LogP contribution in [-0.2, 0) is 34.0 Å². The summed E-state index contributed by atoms with van der Waals surface area (Å²) < 4.78 is 112. The lowest BCUT2D eigenvalue weighted by atomic mass is 10.2. The molecule has 1 atom stereocenters. The minimum Gasteiger partial charge on any atom is -0.381 e. The number of aromatic nitrogens is 4. The van der Waals surface area contributed by atoms with Gasteiger partial charge in [-0.3, -0.25) is 4.98 Å². The third kappa shape index (κ3) is 4.53. The van der Waals surface area contributed by atoms with E-state index in [2.05, 4.69) is 15.0 Å². The predicted molar refractivity (Wildman–Crippen MR) is 103 cm³/mol. The zero-order valence-electron chi connectivity index (χ0n) is 16.9. The van der Waals surface area contributed by atoms with Crippen LogP contribution in [0.4, 0.5) is 26.3 Å². The molecule has 1 aliphatic rings. The van der Waals surface area contributed by atoms with E-state index in [1.54, 1.807) is 0 Å². The van der Waals surface area contributed by atoms with Gasteiger partial charge in [-0.2, -0.15) is 26.3 Å². The van der Waals surface area contributed by atoms with Gasteiger partial charge in [-0.1, -0.05) is 0 Å². The van der Waals surface area contributed by atoms with Crippen molar-refractivity contribution in [1.29, 1.82) is 0 Å². The number of fused-ring (bicyclic) bond motifs is 1. The average molecular weight is 494 g/mol. The van der Waals surface area contributed by atoms with Crippen LogP contribution >= 0.6 is 0 Å². The fourth-order valence-electron chi connectivity index (χ4n) is 3.56. The Bertz CT molecular complexity index is 1310. The lowest BCUT2D eigenvalue weighted by Gasteiger charge is -2.15. The summed E-state index contributed by atoms with van der Waals surface area (Å²) in [5.74, 6) is -1.11. The molecule has 14 heteroatoms. The average Bonchev–Trinajstić information content (AvgIpc) is 3.33. The highest BCUT2D eigenvalue weighted by Crippen LogP contribution is 2.36. The van der Waals surface area contributed by atoms with Crippen LogP contribution in [-0.4, -0.2) is 46.9 Å². The van der Waals surface area contributed by atoms with Crippen molar-refractivity contribution in [3.05, 3.63) is 35.7 Å². The van der Waals surface area contributed by atoms with Crippen LogP contribution in [0.15, 0.2) is 29.4 Å². The summed E-state index contributed by atoms with van der Waals surface area (Å²) in [5, 5.41) is 0. The molecule has 4 heterocycles. The molecular weight excluding hydrogens is 478 g/mol. The van der Waals surface area contributed by atoms with Crippen LogP contribution in [0.25, 0.3) is 22.7 Å². The van der Waals surface area contributed by atoms with Crippen LogP contribution in [0.2, 0.25) is 0 Å². The van der Waals surface area contributed by atoms with Gasteiger partial charge in [0.05, 0.1) is 28.4 Å². The third-order valence-corrected chi connectivity index (χ3v) is 7.13. The van der Waals surface area contributed by atoms with Gasteiger partial charge in [0.25, 0.3) is 0 Å². The van der Waals surface area contributed by atoms with Gasteiger partial charge >= 0.3 is 12.4 Å². The van der Waals surface area contributed by atoms with E-state index in [0.29, 0.717) is 31.5 Å². The molecule has 33 heavy (non-hydrogen) atoms. The molecule has 0 radical (unpaired) electrons. The second kappa shape index (κ2) is 7.94. The first kappa shape index (κ1) is 23.4.